The molecule has 0 aromatic heterocycles. The van der Waals surface area contributed by atoms with Gasteiger partial charge in [0.1, 0.15) is 24.4 Å². The first-order chi connectivity index (χ1) is 12.2. The maximum atomic E-state index is 11.4. The molecule has 1 fully saturated rings. The maximum absolute atomic E-state index is 11.4. The van der Waals surface area contributed by atoms with Gasteiger partial charge in [0.05, 0.1) is 18.0 Å². The van der Waals surface area contributed by atoms with Crippen molar-refractivity contribution in [3.05, 3.63) is 18.2 Å². The Balaban J connectivity index is 2.25. The fraction of sp³-hybridized carbons (Fsp3) is 0.500. The molecule has 26 heavy (non-hydrogen) atoms. The largest absolute Gasteiger partial charge is 0.394 e. The summed E-state index contributed by atoms with van der Waals surface area (Å²) >= 11 is 0. The molecule has 1 saturated heterocycles. The van der Waals surface area contributed by atoms with Crippen LogP contribution in [0.2, 0.25) is 0 Å². The lowest BCUT2D eigenvalue weighted by molar-refractivity contribution is -0.115. The molecule has 0 unspecified atom stereocenters. The summed E-state index contributed by atoms with van der Waals surface area (Å²) in [5, 5.41) is 46.8. The molecule has 2 amide bonds. The highest BCUT2D eigenvalue weighted by Gasteiger charge is 2.46. The Bertz CT molecular complexity index is 669. The van der Waals surface area contributed by atoms with Gasteiger partial charge in [-0.25, -0.2) is 0 Å². The monoisotopic (exact) mass is 369 g/mol. The number of anilines is 3. The molecule has 1 heterocycles. The third kappa shape index (κ3) is 4.68. The summed E-state index contributed by atoms with van der Waals surface area (Å²) in [5.41, 5.74) is 1.12. The zero-order valence-corrected chi connectivity index (χ0v) is 14.3. The van der Waals surface area contributed by atoms with Gasteiger partial charge in [-0.05, 0) is 18.2 Å². The van der Waals surface area contributed by atoms with Crippen LogP contribution < -0.4 is 16.0 Å². The number of aliphatic hydroxyl groups excluding tert-OH is 4. The van der Waals surface area contributed by atoms with Gasteiger partial charge in [-0.15, -0.1) is 0 Å². The Hall–Kier alpha value is -2.24. The Morgan fingerprint density at radius 2 is 1.77 bits per heavy atom. The SMILES string of the molecule is CC(=O)Nc1ccc(NC(C)=O)c(N[C@@H]2O[C@@H]([C@H](O)CO)[C@@H](O)[C@H]2O)c1. The molecule has 1 aliphatic heterocycles. The highest BCUT2D eigenvalue weighted by Crippen LogP contribution is 2.31. The highest BCUT2D eigenvalue weighted by molar-refractivity contribution is 5.95. The molecule has 10 heteroatoms. The van der Waals surface area contributed by atoms with Crippen LogP contribution in [0.25, 0.3) is 0 Å². The molecule has 2 rings (SSSR count). The summed E-state index contributed by atoms with van der Waals surface area (Å²) in [7, 11) is 0. The number of hydrogen-bond donors (Lipinski definition) is 7. The lowest BCUT2D eigenvalue weighted by atomic mass is 10.1. The molecule has 0 aliphatic carbocycles. The van der Waals surface area contributed by atoms with Gasteiger partial charge in [-0.2, -0.15) is 0 Å². The van der Waals surface area contributed by atoms with E-state index in [9.17, 15) is 24.9 Å². The van der Waals surface area contributed by atoms with Crippen molar-refractivity contribution in [2.24, 2.45) is 0 Å². The molecule has 5 atom stereocenters. The number of rotatable bonds is 6. The average Bonchev–Trinajstić information content (AvgIpc) is 2.84. The summed E-state index contributed by atoms with van der Waals surface area (Å²) in [6, 6.07) is 4.65. The second-order valence-electron chi connectivity index (χ2n) is 6.02. The quantitative estimate of drug-likeness (QED) is 0.330. The van der Waals surface area contributed by atoms with E-state index in [0.29, 0.717) is 17.1 Å². The van der Waals surface area contributed by atoms with E-state index >= 15 is 0 Å². The molecular formula is C16H23N3O7. The lowest BCUT2D eigenvalue weighted by Gasteiger charge is -2.21. The van der Waals surface area contributed by atoms with Crippen molar-refractivity contribution >= 4 is 28.9 Å². The summed E-state index contributed by atoms with van der Waals surface area (Å²) in [6.07, 6.45) is -6.48. The summed E-state index contributed by atoms with van der Waals surface area (Å²) in [6.45, 7) is 2.02. The molecule has 0 bridgehead atoms. The van der Waals surface area contributed by atoms with Crippen LogP contribution in [-0.2, 0) is 14.3 Å². The zero-order valence-electron chi connectivity index (χ0n) is 14.3. The van der Waals surface area contributed by atoms with E-state index in [4.69, 9.17) is 9.84 Å². The van der Waals surface area contributed by atoms with Gasteiger partial charge in [0.25, 0.3) is 0 Å². The third-order valence-electron chi connectivity index (χ3n) is 3.82. The standard InChI is InChI=1S/C16H23N3O7/c1-7(21)17-9-3-4-10(18-8(2)22)11(5-9)19-16-14(25)13(24)15(26-16)12(23)6-20/h3-5,12-16,19-20,23-25H,6H2,1-2H3,(H,17,21)(H,18,22)/t12-,13+,14-,15+,16-/m1/s1. The molecule has 144 valence electrons. The third-order valence-corrected chi connectivity index (χ3v) is 3.82. The van der Waals surface area contributed by atoms with Crippen LogP contribution in [0, 0.1) is 0 Å². The number of hydrogen-bond acceptors (Lipinski definition) is 8. The highest BCUT2D eigenvalue weighted by atomic mass is 16.6. The topological polar surface area (TPSA) is 160 Å². The van der Waals surface area contributed by atoms with Crippen molar-refractivity contribution in [1.29, 1.82) is 0 Å². The Kier molecular flexibility index (Phi) is 6.51. The van der Waals surface area contributed by atoms with Gasteiger partial charge in [0.15, 0.2) is 6.23 Å². The zero-order chi connectivity index (χ0) is 19.4. The van der Waals surface area contributed by atoms with Crippen molar-refractivity contribution in [2.45, 2.75) is 44.5 Å². The first-order valence-electron chi connectivity index (χ1n) is 7.99. The van der Waals surface area contributed by atoms with Crippen LogP contribution in [0.15, 0.2) is 18.2 Å². The van der Waals surface area contributed by atoms with Gasteiger partial charge in [0, 0.05) is 19.5 Å². The molecule has 1 aromatic rings. The number of carbonyl (C=O) groups excluding carboxylic acids is 2. The fourth-order valence-electron chi connectivity index (χ4n) is 2.64. The van der Waals surface area contributed by atoms with E-state index in [2.05, 4.69) is 16.0 Å². The van der Waals surface area contributed by atoms with Crippen LogP contribution in [-0.4, -0.2) is 69.5 Å². The number of nitrogens with one attached hydrogen (secondary N) is 3. The maximum Gasteiger partial charge on any atom is 0.221 e. The Morgan fingerprint density at radius 1 is 1.12 bits per heavy atom. The van der Waals surface area contributed by atoms with Gasteiger partial charge in [-0.1, -0.05) is 0 Å². The minimum atomic E-state index is -1.42. The Morgan fingerprint density at radius 3 is 2.35 bits per heavy atom. The van der Waals surface area contributed by atoms with Gasteiger partial charge in [0.2, 0.25) is 11.8 Å². The van der Waals surface area contributed by atoms with E-state index < -0.39 is 37.3 Å². The van der Waals surface area contributed by atoms with E-state index in [1.54, 1.807) is 12.1 Å². The normalized spacial score (nSPS) is 26.2. The van der Waals surface area contributed by atoms with Gasteiger partial charge in [-0.3, -0.25) is 9.59 Å². The van der Waals surface area contributed by atoms with Crippen LogP contribution in [0.4, 0.5) is 17.1 Å². The second kappa shape index (κ2) is 8.43. The molecular weight excluding hydrogens is 346 g/mol. The van der Waals surface area contributed by atoms with Crippen LogP contribution >= 0.6 is 0 Å². The number of aliphatic hydroxyl groups is 4. The average molecular weight is 369 g/mol. The van der Waals surface area contributed by atoms with Crippen molar-refractivity contribution in [1.82, 2.24) is 0 Å². The summed E-state index contributed by atoms with van der Waals surface area (Å²) < 4.78 is 5.40. The lowest BCUT2D eigenvalue weighted by Crippen LogP contribution is -2.40. The summed E-state index contributed by atoms with van der Waals surface area (Å²) in [5.74, 6) is -0.622. The van der Waals surface area contributed by atoms with Crippen LogP contribution in [0.1, 0.15) is 13.8 Å². The van der Waals surface area contributed by atoms with Crippen molar-refractivity contribution in [3.63, 3.8) is 0 Å². The minimum absolute atomic E-state index is 0.290. The van der Waals surface area contributed by atoms with E-state index in [0.717, 1.165) is 0 Å². The van der Waals surface area contributed by atoms with E-state index in [1.807, 2.05) is 0 Å². The van der Waals surface area contributed by atoms with Crippen molar-refractivity contribution in [2.75, 3.05) is 22.6 Å². The van der Waals surface area contributed by atoms with E-state index in [-0.39, 0.29) is 11.8 Å². The van der Waals surface area contributed by atoms with E-state index in [1.165, 1.54) is 19.9 Å². The second-order valence-corrected chi connectivity index (χ2v) is 6.02. The molecule has 1 aliphatic rings. The number of ether oxygens (including phenoxy) is 1. The fourth-order valence-corrected chi connectivity index (χ4v) is 2.64. The molecule has 1 aromatic carbocycles. The molecule has 0 saturated carbocycles. The molecule has 0 spiro atoms. The van der Waals surface area contributed by atoms with Crippen molar-refractivity contribution in [3.8, 4) is 0 Å². The number of amides is 2. The first kappa shape index (κ1) is 20.1. The molecule has 10 nitrogen and oxygen atoms in total. The molecule has 0 radical (unpaired) electrons. The smallest absolute Gasteiger partial charge is 0.221 e. The molecule has 7 N–H and O–H groups in total. The number of benzene rings is 1. The van der Waals surface area contributed by atoms with Gasteiger partial charge >= 0.3 is 0 Å². The van der Waals surface area contributed by atoms with Gasteiger partial charge < -0.3 is 41.1 Å². The van der Waals surface area contributed by atoms with Crippen molar-refractivity contribution < 1.29 is 34.8 Å². The Labute approximate surface area is 149 Å². The van der Waals surface area contributed by atoms with Crippen LogP contribution in [0.3, 0.4) is 0 Å². The number of carbonyl (C=O) groups is 2. The predicted octanol–water partition coefficient (Wildman–Crippen LogP) is -1.18. The minimum Gasteiger partial charge on any atom is -0.394 e. The predicted molar refractivity (Wildman–Crippen MR) is 92.4 cm³/mol. The van der Waals surface area contributed by atoms with Crippen LogP contribution in [0.5, 0.6) is 0 Å². The first-order valence-corrected chi connectivity index (χ1v) is 7.99. The summed E-state index contributed by atoms with van der Waals surface area (Å²) in [4.78, 5) is 22.6.